The van der Waals surface area contributed by atoms with Crippen LogP contribution in [-0.4, -0.2) is 42.6 Å². The first-order valence-corrected chi connectivity index (χ1v) is 10.8. The molecule has 0 unspecified atom stereocenters. The zero-order valence-corrected chi connectivity index (χ0v) is 17.3. The predicted octanol–water partition coefficient (Wildman–Crippen LogP) is 4.42. The number of anilines is 2. The molecule has 0 saturated carbocycles. The largest absolute Gasteiger partial charge is 0.445 e. The summed E-state index contributed by atoms with van der Waals surface area (Å²) in [7, 11) is 0. The summed E-state index contributed by atoms with van der Waals surface area (Å²) in [5.74, 6) is -0.158. The lowest BCUT2D eigenvalue weighted by molar-refractivity contribution is -0.120. The third kappa shape index (κ3) is 4.93. The minimum Gasteiger partial charge on any atom is -0.445 e. The zero-order chi connectivity index (χ0) is 20.8. The van der Waals surface area contributed by atoms with E-state index in [0.29, 0.717) is 13.0 Å². The summed E-state index contributed by atoms with van der Waals surface area (Å²) in [5, 5.41) is 2.97. The Morgan fingerprint density at radius 1 is 0.900 bits per heavy atom. The molecule has 0 spiro atoms. The van der Waals surface area contributed by atoms with Crippen LogP contribution in [0.5, 0.6) is 0 Å². The van der Waals surface area contributed by atoms with E-state index in [1.165, 1.54) is 24.9 Å². The zero-order valence-electron chi connectivity index (χ0n) is 17.3. The molecule has 1 atom stereocenters. The molecule has 0 radical (unpaired) electrons. The van der Waals surface area contributed by atoms with Gasteiger partial charge in [0.25, 0.3) is 0 Å². The predicted molar refractivity (Wildman–Crippen MR) is 117 cm³/mol. The van der Waals surface area contributed by atoms with E-state index in [2.05, 4.69) is 22.3 Å². The Kier molecular flexibility index (Phi) is 6.52. The van der Waals surface area contributed by atoms with Gasteiger partial charge in [0, 0.05) is 31.0 Å². The van der Waals surface area contributed by atoms with Gasteiger partial charge in [0.15, 0.2) is 0 Å². The third-order valence-electron chi connectivity index (χ3n) is 5.85. The molecule has 2 amide bonds. The summed E-state index contributed by atoms with van der Waals surface area (Å²) < 4.78 is 5.43. The van der Waals surface area contributed by atoms with E-state index < -0.39 is 12.1 Å². The lowest BCUT2D eigenvalue weighted by atomic mass is 10.1. The van der Waals surface area contributed by atoms with E-state index in [1.54, 1.807) is 4.90 Å². The fourth-order valence-corrected chi connectivity index (χ4v) is 4.19. The van der Waals surface area contributed by atoms with E-state index in [-0.39, 0.29) is 12.5 Å². The third-order valence-corrected chi connectivity index (χ3v) is 5.85. The molecule has 6 heteroatoms. The van der Waals surface area contributed by atoms with Gasteiger partial charge in [-0.15, -0.1) is 0 Å². The standard InChI is InChI=1S/C24H29N3O3/c28-23(25-20-11-13-21(14-12-20)26-15-5-2-6-16-26)22-10-7-17-27(22)24(29)30-18-19-8-3-1-4-9-19/h1,3-4,8-9,11-14,22H,2,5-7,10,15-18H2,(H,25,28)/t22-/m0/s1. The van der Waals surface area contributed by atoms with Gasteiger partial charge < -0.3 is 15.0 Å². The van der Waals surface area contributed by atoms with Crippen LogP contribution < -0.4 is 10.2 Å². The van der Waals surface area contributed by atoms with Crippen molar-refractivity contribution >= 4 is 23.4 Å². The normalized spacial score (nSPS) is 18.9. The molecule has 2 aliphatic rings. The summed E-state index contributed by atoms with van der Waals surface area (Å²) in [6, 6.07) is 17.1. The van der Waals surface area contributed by atoms with Crippen molar-refractivity contribution in [2.24, 2.45) is 0 Å². The van der Waals surface area contributed by atoms with E-state index in [9.17, 15) is 9.59 Å². The van der Waals surface area contributed by atoms with Crippen LogP contribution in [0.1, 0.15) is 37.7 Å². The maximum absolute atomic E-state index is 12.8. The van der Waals surface area contributed by atoms with Crippen LogP contribution >= 0.6 is 0 Å². The number of nitrogens with zero attached hydrogens (tertiary/aromatic N) is 2. The summed E-state index contributed by atoms with van der Waals surface area (Å²) in [4.78, 5) is 29.3. The van der Waals surface area contributed by atoms with Crippen LogP contribution in [0.2, 0.25) is 0 Å². The second kappa shape index (κ2) is 9.65. The molecule has 2 aliphatic heterocycles. The fourth-order valence-electron chi connectivity index (χ4n) is 4.19. The van der Waals surface area contributed by atoms with Gasteiger partial charge >= 0.3 is 6.09 Å². The van der Waals surface area contributed by atoms with Crippen LogP contribution in [0.3, 0.4) is 0 Å². The van der Waals surface area contributed by atoms with E-state index >= 15 is 0 Å². The Labute approximate surface area is 177 Å². The van der Waals surface area contributed by atoms with Gasteiger partial charge in [0.1, 0.15) is 12.6 Å². The quantitative estimate of drug-likeness (QED) is 0.797. The highest BCUT2D eigenvalue weighted by Crippen LogP contribution is 2.24. The van der Waals surface area contributed by atoms with Gasteiger partial charge in [-0.1, -0.05) is 30.3 Å². The molecule has 2 heterocycles. The lowest BCUT2D eigenvalue weighted by Gasteiger charge is -2.29. The van der Waals surface area contributed by atoms with Crippen molar-refractivity contribution in [2.45, 2.75) is 44.8 Å². The van der Waals surface area contributed by atoms with Crippen molar-refractivity contribution in [3.8, 4) is 0 Å². The summed E-state index contributed by atoms with van der Waals surface area (Å²) in [6.45, 7) is 2.93. The van der Waals surface area contributed by atoms with Crippen molar-refractivity contribution in [3.63, 3.8) is 0 Å². The number of likely N-dealkylation sites (tertiary alicyclic amines) is 1. The van der Waals surface area contributed by atoms with Crippen LogP contribution in [0.25, 0.3) is 0 Å². The first-order valence-electron chi connectivity index (χ1n) is 10.8. The van der Waals surface area contributed by atoms with Crippen molar-refractivity contribution in [3.05, 3.63) is 60.2 Å². The van der Waals surface area contributed by atoms with E-state index in [0.717, 1.165) is 30.8 Å². The molecular weight excluding hydrogens is 378 g/mol. The fraction of sp³-hybridized carbons (Fsp3) is 0.417. The number of amides is 2. The van der Waals surface area contributed by atoms with Gasteiger partial charge in [-0.25, -0.2) is 4.79 Å². The molecule has 2 aromatic rings. The lowest BCUT2D eigenvalue weighted by Crippen LogP contribution is -2.43. The highest BCUT2D eigenvalue weighted by atomic mass is 16.6. The number of nitrogens with one attached hydrogen (secondary N) is 1. The Morgan fingerprint density at radius 2 is 1.63 bits per heavy atom. The smallest absolute Gasteiger partial charge is 0.410 e. The molecule has 0 aromatic heterocycles. The second-order valence-corrected chi connectivity index (χ2v) is 7.98. The number of benzene rings is 2. The summed E-state index contributed by atoms with van der Waals surface area (Å²) >= 11 is 0. The molecule has 6 nitrogen and oxygen atoms in total. The van der Waals surface area contributed by atoms with Crippen LogP contribution in [0.15, 0.2) is 54.6 Å². The minimum atomic E-state index is -0.491. The van der Waals surface area contributed by atoms with E-state index in [4.69, 9.17) is 4.74 Å². The SMILES string of the molecule is O=C(Nc1ccc(N2CCCCC2)cc1)[C@@H]1CCCN1C(=O)OCc1ccccc1. The van der Waals surface area contributed by atoms with Gasteiger partial charge in [-0.2, -0.15) is 0 Å². The van der Waals surface area contributed by atoms with Crippen molar-refractivity contribution < 1.29 is 14.3 Å². The average Bonchev–Trinajstić information content (AvgIpc) is 3.30. The minimum absolute atomic E-state index is 0.158. The average molecular weight is 408 g/mol. The molecule has 0 bridgehead atoms. The van der Waals surface area contributed by atoms with Crippen LogP contribution in [0.4, 0.5) is 16.2 Å². The Hall–Kier alpha value is -3.02. The topological polar surface area (TPSA) is 61.9 Å². The maximum atomic E-state index is 12.8. The molecule has 2 fully saturated rings. The number of carbonyl (C=O) groups excluding carboxylic acids is 2. The summed E-state index contributed by atoms with van der Waals surface area (Å²) in [6.07, 6.45) is 4.78. The second-order valence-electron chi connectivity index (χ2n) is 7.98. The van der Waals surface area contributed by atoms with E-state index in [1.807, 2.05) is 42.5 Å². The molecule has 2 saturated heterocycles. The van der Waals surface area contributed by atoms with Gasteiger partial charge in [0.2, 0.25) is 5.91 Å². The number of carbonyl (C=O) groups is 2. The molecule has 1 N–H and O–H groups in total. The Morgan fingerprint density at radius 3 is 2.37 bits per heavy atom. The number of hydrogen-bond donors (Lipinski definition) is 1. The maximum Gasteiger partial charge on any atom is 0.410 e. The molecule has 0 aliphatic carbocycles. The number of ether oxygens (including phenoxy) is 1. The molecular formula is C24H29N3O3. The number of piperidine rings is 1. The number of hydrogen-bond acceptors (Lipinski definition) is 4. The highest BCUT2D eigenvalue weighted by Gasteiger charge is 2.35. The van der Waals surface area contributed by atoms with Crippen LogP contribution in [-0.2, 0) is 16.1 Å². The Balaban J connectivity index is 1.32. The highest BCUT2D eigenvalue weighted by molar-refractivity contribution is 5.97. The summed E-state index contributed by atoms with van der Waals surface area (Å²) in [5.41, 5.74) is 2.88. The van der Waals surface area contributed by atoms with Gasteiger partial charge in [0.05, 0.1) is 0 Å². The first-order chi connectivity index (χ1) is 14.7. The molecule has 4 rings (SSSR count). The van der Waals surface area contributed by atoms with Crippen molar-refractivity contribution in [1.29, 1.82) is 0 Å². The first kappa shape index (κ1) is 20.3. The van der Waals surface area contributed by atoms with Crippen LogP contribution in [0, 0.1) is 0 Å². The van der Waals surface area contributed by atoms with Gasteiger partial charge in [-0.05, 0) is 61.9 Å². The molecule has 2 aromatic carbocycles. The Bertz CT molecular complexity index is 848. The van der Waals surface area contributed by atoms with Crippen molar-refractivity contribution in [2.75, 3.05) is 29.9 Å². The molecule has 158 valence electrons. The number of rotatable bonds is 5. The molecule has 30 heavy (non-hydrogen) atoms. The van der Waals surface area contributed by atoms with Crippen molar-refractivity contribution in [1.82, 2.24) is 4.90 Å². The monoisotopic (exact) mass is 407 g/mol. The van der Waals surface area contributed by atoms with Gasteiger partial charge in [-0.3, -0.25) is 9.69 Å².